The highest BCUT2D eigenvalue weighted by atomic mass is 16.6. The smallest absolute Gasteiger partial charge is 0.409 e. The van der Waals surface area contributed by atoms with Crippen molar-refractivity contribution >= 4 is 12.1 Å². The lowest BCUT2D eigenvalue weighted by atomic mass is 10.2. The van der Waals surface area contributed by atoms with Crippen LogP contribution in [0.1, 0.15) is 53.9 Å². The Morgan fingerprint density at radius 1 is 1.26 bits per heavy atom. The van der Waals surface area contributed by atoms with E-state index in [4.69, 9.17) is 9.47 Å². The predicted octanol–water partition coefficient (Wildman–Crippen LogP) is 1.95. The third-order valence-corrected chi connectivity index (χ3v) is 1.91. The van der Waals surface area contributed by atoms with E-state index in [1.54, 1.807) is 34.6 Å². The molecule has 0 aliphatic rings. The Bertz CT molecular complexity index is 296. The Morgan fingerprint density at radius 2 is 1.84 bits per heavy atom. The van der Waals surface area contributed by atoms with E-state index >= 15 is 0 Å². The Balaban J connectivity index is 3.78. The molecule has 0 aromatic carbocycles. The first-order valence-electron chi connectivity index (χ1n) is 6.47. The molecule has 0 radical (unpaired) electrons. The molecule has 0 aromatic rings. The van der Waals surface area contributed by atoms with Crippen LogP contribution in [-0.4, -0.2) is 35.1 Å². The molecule has 0 saturated heterocycles. The van der Waals surface area contributed by atoms with Crippen LogP contribution in [0.3, 0.4) is 0 Å². The van der Waals surface area contributed by atoms with E-state index in [0.29, 0.717) is 6.42 Å². The summed E-state index contributed by atoms with van der Waals surface area (Å²) in [6.45, 7) is 8.76. The van der Waals surface area contributed by atoms with Crippen molar-refractivity contribution in [1.29, 1.82) is 0 Å². The van der Waals surface area contributed by atoms with Gasteiger partial charge in [-0.3, -0.25) is 10.1 Å². The molecule has 19 heavy (non-hydrogen) atoms. The molecule has 0 bridgehead atoms. The minimum absolute atomic E-state index is 0.141. The molecule has 0 rings (SSSR count). The van der Waals surface area contributed by atoms with Gasteiger partial charge in [-0.1, -0.05) is 0 Å². The molecule has 1 atom stereocenters. The summed E-state index contributed by atoms with van der Waals surface area (Å²) in [4.78, 5) is 22.6. The number of rotatable bonds is 6. The molecule has 0 spiro atoms. The lowest BCUT2D eigenvalue weighted by molar-refractivity contribution is -0.147. The largest absolute Gasteiger partial charge is 0.463 e. The maximum Gasteiger partial charge on any atom is 0.409 e. The molecule has 0 fully saturated rings. The third-order valence-electron chi connectivity index (χ3n) is 1.91. The summed E-state index contributed by atoms with van der Waals surface area (Å²) >= 11 is 0. The summed E-state index contributed by atoms with van der Waals surface area (Å²) in [5, 5.41) is 11.8. The van der Waals surface area contributed by atoms with Crippen LogP contribution in [0.15, 0.2) is 0 Å². The SMILES string of the molecule is CC(C)OC(=O)CCC[C@H](O)NC(=O)OC(C)(C)C. The normalized spacial score (nSPS) is 13.0. The van der Waals surface area contributed by atoms with E-state index < -0.39 is 17.9 Å². The Hall–Kier alpha value is -1.30. The van der Waals surface area contributed by atoms with Gasteiger partial charge in [-0.25, -0.2) is 4.79 Å². The first kappa shape index (κ1) is 17.7. The molecule has 6 nitrogen and oxygen atoms in total. The standard InChI is InChI=1S/C13H25NO5/c1-9(2)18-11(16)8-6-7-10(15)14-12(17)19-13(3,4)5/h9-10,15H,6-8H2,1-5H3,(H,14,17)/t10-/m0/s1. The average Bonchev–Trinajstić information content (AvgIpc) is 2.12. The first-order valence-corrected chi connectivity index (χ1v) is 6.47. The number of nitrogens with one attached hydrogen (secondary N) is 1. The topological polar surface area (TPSA) is 84.9 Å². The summed E-state index contributed by atoms with van der Waals surface area (Å²) in [6, 6.07) is 0. The third kappa shape index (κ3) is 11.5. The van der Waals surface area contributed by atoms with E-state index in [1.807, 2.05) is 0 Å². The van der Waals surface area contributed by atoms with Crippen LogP contribution in [-0.2, 0) is 14.3 Å². The summed E-state index contributed by atoms with van der Waals surface area (Å²) in [5.74, 6) is -0.306. The zero-order valence-corrected chi connectivity index (χ0v) is 12.4. The van der Waals surface area contributed by atoms with Crippen molar-refractivity contribution in [2.24, 2.45) is 0 Å². The molecule has 2 N–H and O–H groups in total. The van der Waals surface area contributed by atoms with Crippen molar-refractivity contribution in [1.82, 2.24) is 5.32 Å². The van der Waals surface area contributed by atoms with Crippen molar-refractivity contribution in [3.8, 4) is 0 Å². The van der Waals surface area contributed by atoms with Gasteiger partial charge < -0.3 is 14.6 Å². The molecule has 0 heterocycles. The Labute approximate surface area is 114 Å². The molecule has 0 aliphatic heterocycles. The van der Waals surface area contributed by atoms with Gasteiger partial charge in [0, 0.05) is 6.42 Å². The number of carbonyl (C=O) groups excluding carboxylic acids is 2. The fourth-order valence-corrected chi connectivity index (χ4v) is 1.28. The number of hydrogen-bond donors (Lipinski definition) is 2. The minimum atomic E-state index is -1.03. The van der Waals surface area contributed by atoms with Crippen molar-refractivity contribution in [2.45, 2.75) is 71.8 Å². The monoisotopic (exact) mass is 275 g/mol. The van der Waals surface area contributed by atoms with Crippen LogP contribution in [0.5, 0.6) is 0 Å². The number of hydrogen-bond acceptors (Lipinski definition) is 5. The van der Waals surface area contributed by atoms with Crippen LogP contribution in [0.25, 0.3) is 0 Å². The van der Waals surface area contributed by atoms with Gasteiger partial charge in [0.1, 0.15) is 11.8 Å². The molecular weight excluding hydrogens is 250 g/mol. The number of ether oxygens (including phenoxy) is 2. The second kappa shape index (κ2) is 7.99. The molecule has 112 valence electrons. The first-order chi connectivity index (χ1) is 8.60. The maximum atomic E-state index is 11.3. The van der Waals surface area contributed by atoms with E-state index in [-0.39, 0.29) is 24.9 Å². The summed E-state index contributed by atoms with van der Waals surface area (Å²) in [7, 11) is 0. The van der Waals surface area contributed by atoms with Crippen molar-refractivity contribution in [2.75, 3.05) is 0 Å². The number of alkyl carbamates (subject to hydrolysis) is 1. The molecular formula is C13H25NO5. The lowest BCUT2D eigenvalue weighted by Crippen LogP contribution is -2.39. The van der Waals surface area contributed by atoms with Crippen LogP contribution in [0.2, 0.25) is 0 Å². The van der Waals surface area contributed by atoms with Gasteiger partial charge in [0.25, 0.3) is 0 Å². The van der Waals surface area contributed by atoms with Crippen molar-refractivity contribution < 1.29 is 24.2 Å². The predicted molar refractivity (Wildman–Crippen MR) is 70.5 cm³/mol. The van der Waals surface area contributed by atoms with Gasteiger partial charge in [0.15, 0.2) is 0 Å². The maximum absolute atomic E-state index is 11.3. The van der Waals surface area contributed by atoms with E-state index in [1.165, 1.54) is 0 Å². The van der Waals surface area contributed by atoms with E-state index in [2.05, 4.69) is 5.32 Å². The summed E-state index contributed by atoms with van der Waals surface area (Å²) in [5.41, 5.74) is -0.606. The molecule has 1 amide bonds. The second-order valence-electron chi connectivity index (χ2n) is 5.59. The quantitative estimate of drug-likeness (QED) is 0.571. The van der Waals surface area contributed by atoms with E-state index in [0.717, 1.165) is 0 Å². The zero-order chi connectivity index (χ0) is 15.1. The minimum Gasteiger partial charge on any atom is -0.463 e. The van der Waals surface area contributed by atoms with Gasteiger partial charge in [-0.15, -0.1) is 0 Å². The molecule has 0 unspecified atom stereocenters. The van der Waals surface area contributed by atoms with Crippen molar-refractivity contribution in [3.63, 3.8) is 0 Å². The van der Waals surface area contributed by atoms with Crippen molar-refractivity contribution in [3.05, 3.63) is 0 Å². The lowest BCUT2D eigenvalue weighted by Gasteiger charge is -2.21. The van der Waals surface area contributed by atoms with Gasteiger partial charge in [0.2, 0.25) is 0 Å². The van der Waals surface area contributed by atoms with E-state index in [9.17, 15) is 14.7 Å². The highest BCUT2D eigenvalue weighted by Gasteiger charge is 2.18. The molecule has 0 aromatic heterocycles. The van der Waals surface area contributed by atoms with Crippen LogP contribution in [0, 0.1) is 0 Å². The van der Waals surface area contributed by atoms with Gasteiger partial charge in [0.05, 0.1) is 6.10 Å². The molecule has 6 heteroatoms. The summed E-state index contributed by atoms with van der Waals surface area (Å²) in [6.07, 6.45) is -0.927. The van der Waals surface area contributed by atoms with Crippen LogP contribution < -0.4 is 5.32 Å². The average molecular weight is 275 g/mol. The number of carbonyl (C=O) groups is 2. The van der Waals surface area contributed by atoms with Crippen LogP contribution in [0.4, 0.5) is 4.79 Å². The van der Waals surface area contributed by atoms with Gasteiger partial charge in [-0.2, -0.15) is 0 Å². The fourth-order valence-electron chi connectivity index (χ4n) is 1.28. The summed E-state index contributed by atoms with van der Waals surface area (Å²) < 4.78 is 9.93. The highest BCUT2D eigenvalue weighted by Crippen LogP contribution is 2.07. The number of aliphatic hydroxyl groups is 1. The highest BCUT2D eigenvalue weighted by molar-refractivity contribution is 5.69. The fraction of sp³-hybridized carbons (Fsp3) is 0.846. The Kier molecular flexibility index (Phi) is 7.44. The molecule has 0 saturated carbocycles. The second-order valence-corrected chi connectivity index (χ2v) is 5.59. The van der Waals surface area contributed by atoms with Gasteiger partial charge >= 0.3 is 12.1 Å². The van der Waals surface area contributed by atoms with Crippen LogP contribution >= 0.6 is 0 Å². The number of amides is 1. The Morgan fingerprint density at radius 3 is 2.32 bits per heavy atom. The van der Waals surface area contributed by atoms with Gasteiger partial charge in [-0.05, 0) is 47.5 Å². The number of esters is 1. The molecule has 0 aliphatic carbocycles. The zero-order valence-electron chi connectivity index (χ0n) is 12.4. The number of aliphatic hydroxyl groups excluding tert-OH is 1.